The van der Waals surface area contributed by atoms with E-state index in [4.69, 9.17) is 4.74 Å². The summed E-state index contributed by atoms with van der Waals surface area (Å²) in [6.45, 7) is 3.52. The van der Waals surface area contributed by atoms with Crippen molar-refractivity contribution in [2.24, 2.45) is 5.41 Å². The van der Waals surface area contributed by atoms with Gasteiger partial charge in [0.05, 0.1) is 16.4 Å². The Morgan fingerprint density at radius 2 is 2.12 bits per heavy atom. The molecule has 0 amide bonds. The number of hydrogen-bond acceptors (Lipinski definition) is 4. The molecule has 1 aliphatic carbocycles. The van der Waals surface area contributed by atoms with E-state index >= 15 is 0 Å². The van der Waals surface area contributed by atoms with Crippen LogP contribution in [-0.2, 0) is 14.6 Å². The van der Waals surface area contributed by atoms with Crippen LogP contribution in [0.25, 0.3) is 0 Å². The van der Waals surface area contributed by atoms with Gasteiger partial charge in [-0.25, -0.2) is 8.42 Å². The molecule has 4 rings (SSSR count). The number of hydrogen-bond donors (Lipinski definition) is 0. The lowest BCUT2D eigenvalue weighted by atomic mass is 9.69. The summed E-state index contributed by atoms with van der Waals surface area (Å²) in [5.74, 6) is 1.17. The summed E-state index contributed by atoms with van der Waals surface area (Å²) in [6.07, 6.45) is 15.5. The van der Waals surface area contributed by atoms with Crippen LogP contribution in [0.15, 0.2) is 47.7 Å². The number of fused-ring (bicyclic) bond motifs is 1. The molecular weight excluding hydrogens is 322 g/mol. The Labute approximate surface area is 144 Å². The molecule has 0 N–H and O–H groups in total. The molecule has 3 heterocycles. The van der Waals surface area contributed by atoms with Crippen LogP contribution in [-0.4, -0.2) is 30.4 Å². The Balaban J connectivity index is 1.79. The van der Waals surface area contributed by atoms with Crippen molar-refractivity contribution in [1.82, 2.24) is 4.90 Å². The van der Waals surface area contributed by atoms with Gasteiger partial charge >= 0.3 is 0 Å². The maximum Gasteiger partial charge on any atom is 0.156 e. The first-order chi connectivity index (χ1) is 11.5. The first-order valence-corrected chi connectivity index (χ1v) is 10.7. The van der Waals surface area contributed by atoms with Crippen molar-refractivity contribution in [3.63, 3.8) is 0 Å². The van der Waals surface area contributed by atoms with Gasteiger partial charge in [-0.2, -0.15) is 0 Å². The number of nitrogens with zero attached hydrogens (tertiary/aromatic N) is 1. The molecular formula is C19H25NO3S. The molecule has 0 bridgehead atoms. The normalized spacial score (nSPS) is 32.7. The minimum atomic E-state index is -3.11. The van der Waals surface area contributed by atoms with E-state index in [-0.39, 0.29) is 17.3 Å². The molecule has 0 aromatic carbocycles. The molecule has 3 aliphatic heterocycles. The summed E-state index contributed by atoms with van der Waals surface area (Å²) < 4.78 is 31.1. The molecule has 3 atom stereocenters. The fourth-order valence-corrected chi connectivity index (χ4v) is 5.53. The Morgan fingerprint density at radius 1 is 1.33 bits per heavy atom. The summed E-state index contributed by atoms with van der Waals surface area (Å²) in [4.78, 5) is 2.19. The second-order valence-corrected chi connectivity index (χ2v) is 9.84. The van der Waals surface area contributed by atoms with E-state index in [1.54, 1.807) is 13.8 Å². The topological polar surface area (TPSA) is 46.6 Å². The van der Waals surface area contributed by atoms with Gasteiger partial charge in [0.25, 0.3) is 0 Å². The van der Waals surface area contributed by atoms with Gasteiger partial charge in [-0.3, -0.25) is 0 Å². The fraction of sp³-hybridized carbons (Fsp3) is 0.579. The van der Waals surface area contributed by atoms with Crippen molar-refractivity contribution in [1.29, 1.82) is 0 Å². The third-order valence-electron chi connectivity index (χ3n) is 5.93. The molecule has 1 fully saturated rings. The van der Waals surface area contributed by atoms with Crippen LogP contribution in [0.4, 0.5) is 0 Å². The average molecular weight is 347 g/mol. The predicted molar refractivity (Wildman–Crippen MR) is 94.5 cm³/mol. The van der Waals surface area contributed by atoms with Crippen molar-refractivity contribution >= 4 is 9.84 Å². The lowest BCUT2D eigenvalue weighted by Gasteiger charge is -2.40. The molecule has 0 saturated carbocycles. The first kappa shape index (κ1) is 16.0. The second kappa shape index (κ2) is 5.51. The highest BCUT2D eigenvalue weighted by molar-refractivity contribution is 7.92. The SMILES string of the molecule is CCS(=O)(=O)C(C)C1CC23C=CCCC2=CN2C=CCCC2=C3O1. The van der Waals surface area contributed by atoms with Crippen molar-refractivity contribution in [2.75, 3.05) is 5.75 Å². The fourth-order valence-electron chi connectivity index (χ4n) is 4.39. The summed E-state index contributed by atoms with van der Waals surface area (Å²) in [5, 5.41) is -0.472. The maximum atomic E-state index is 12.4. The molecule has 130 valence electrons. The Morgan fingerprint density at radius 3 is 2.92 bits per heavy atom. The highest BCUT2D eigenvalue weighted by Gasteiger charge is 2.53. The molecule has 3 unspecified atom stereocenters. The highest BCUT2D eigenvalue weighted by Crippen LogP contribution is 2.57. The van der Waals surface area contributed by atoms with E-state index in [2.05, 4.69) is 35.5 Å². The average Bonchev–Trinajstić information content (AvgIpc) is 2.98. The van der Waals surface area contributed by atoms with Gasteiger partial charge in [0, 0.05) is 24.6 Å². The van der Waals surface area contributed by atoms with E-state index in [0.717, 1.165) is 37.9 Å². The second-order valence-electron chi connectivity index (χ2n) is 7.19. The standard InChI is InChI=1S/C19H25NO3S/c1-3-24(21,22)14(2)17-12-19-10-6-4-8-15(19)13-20-11-7-5-9-16(20)18(19)23-17/h6-7,10-11,13-14,17H,3-5,8-9,12H2,1-2H3. The van der Waals surface area contributed by atoms with Crippen molar-refractivity contribution in [3.8, 4) is 0 Å². The zero-order chi connectivity index (χ0) is 16.9. The molecule has 24 heavy (non-hydrogen) atoms. The minimum absolute atomic E-state index is 0.167. The number of sulfone groups is 1. The molecule has 4 nitrogen and oxygen atoms in total. The van der Waals surface area contributed by atoms with Crippen LogP contribution in [0, 0.1) is 5.41 Å². The van der Waals surface area contributed by atoms with Gasteiger partial charge < -0.3 is 9.64 Å². The van der Waals surface area contributed by atoms with Gasteiger partial charge in [-0.05, 0) is 38.2 Å². The van der Waals surface area contributed by atoms with Gasteiger partial charge in [-0.1, -0.05) is 25.2 Å². The molecule has 0 radical (unpaired) electrons. The summed E-state index contributed by atoms with van der Waals surface area (Å²) >= 11 is 0. The zero-order valence-corrected chi connectivity index (χ0v) is 15.2. The number of allylic oxidation sites excluding steroid dienone is 4. The smallest absolute Gasteiger partial charge is 0.156 e. The lowest BCUT2D eigenvalue weighted by Crippen LogP contribution is -2.34. The van der Waals surface area contributed by atoms with Crippen LogP contribution in [0.1, 0.15) is 46.0 Å². The Kier molecular flexibility index (Phi) is 3.68. The molecule has 5 heteroatoms. The molecule has 4 aliphatic rings. The molecule has 1 saturated heterocycles. The van der Waals surface area contributed by atoms with Crippen LogP contribution < -0.4 is 0 Å². The summed E-state index contributed by atoms with van der Waals surface area (Å²) in [5.41, 5.74) is 2.35. The van der Waals surface area contributed by atoms with Crippen LogP contribution >= 0.6 is 0 Å². The van der Waals surface area contributed by atoms with Gasteiger partial charge in [-0.15, -0.1) is 0 Å². The number of rotatable bonds is 3. The van der Waals surface area contributed by atoms with Gasteiger partial charge in [0.2, 0.25) is 0 Å². The van der Waals surface area contributed by atoms with Crippen molar-refractivity contribution < 1.29 is 13.2 Å². The zero-order valence-electron chi connectivity index (χ0n) is 14.4. The predicted octanol–water partition coefficient (Wildman–Crippen LogP) is 3.65. The van der Waals surface area contributed by atoms with Crippen LogP contribution in [0.5, 0.6) is 0 Å². The van der Waals surface area contributed by atoms with E-state index in [0.29, 0.717) is 0 Å². The van der Waals surface area contributed by atoms with E-state index < -0.39 is 15.1 Å². The van der Waals surface area contributed by atoms with Gasteiger partial charge in [0.15, 0.2) is 9.84 Å². The minimum Gasteiger partial charge on any atom is -0.490 e. The maximum absolute atomic E-state index is 12.4. The molecule has 0 aromatic heterocycles. The van der Waals surface area contributed by atoms with Crippen LogP contribution in [0.3, 0.4) is 0 Å². The monoisotopic (exact) mass is 347 g/mol. The van der Waals surface area contributed by atoms with Crippen molar-refractivity contribution in [2.45, 2.75) is 57.3 Å². The van der Waals surface area contributed by atoms with Crippen molar-refractivity contribution in [3.05, 3.63) is 47.7 Å². The van der Waals surface area contributed by atoms with E-state index in [1.165, 1.54) is 11.3 Å². The van der Waals surface area contributed by atoms with E-state index in [1.807, 2.05) is 0 Å². The lowest BCUT2D eigenvalue weighted by molar-refractivity contribution is 0.149. The number of ether oxygens (including phenoxy) is 1. The Bertz CT molecular complexity index is 774. The summed E-state index contributed by atoms with van der Waals surface area (Å²) in [7, 11) is -3.11. The quantitative estimate of drug-likeness (QED) is 0.731. The Hall–Kier alpha value is -1.49. The first-order valence-electron chi connectivity index (χ1n) is 8.93. The molecule has 1 spiro atoms. The summed E-state index contributed by atoms with van der Waals surface area (Å²) in [6, 6.07) is 0. The van der Waals surface area contributed by atoms with Gasteiger partial charge in [0.1, 0.15) is 11.9 Å². The third kappa shape index (κ3) is 2.20. The largest absolute Gasteiger partial charge is 0.490 e. The third-order valence-corrected chi connectivity index (χ3v) is 8.17. The molecule has 0 aromatic rings. The van der Waals surface area contributed by atoms with E-state index in [9.17, 15) is 8.42 Å². The van der Waals surface area contributed by atoms with Crippen LogP contribution in [0.2, 0.25) is 0 Å². The highest BCUT2D eigenvalue weighted by atomic mass is 32.2.